The molecule has 3 rings (SSSR count). The van der Waals surface area contributed by atoms with E-state index in [0.29, 0.717) is 11.5 Å². The van der Waals surface area contributed by atoms with Gasteiger partial charge in [-0.25, -0.2) is 22.1 Å². The highest BCUT2D eigenvalue weighted by Crippen LogP contribution is 2.41. The van der Waals surface area contributed by atoms with Crippen molar-refractivity contribution in [3.8, 4) is 5.69 Å². The van der Waals surface area contributed by atoms with E-state index >= 15 is 0 Å². The number of hydrogen-bond acceptors (Lipinski definition) is 4. The Morgan fingerprint density at radius 2 is 2.04 bits per heavy atom. The van der Waals surface area contributed by atoms with Gasteiger partial charge in [-0.15, -0.1) is 0 Å². The fourth-order valence-electron chi connectivity index (χ4n) is 2.78. The van der Waals surface area contributed by atoms with Crippen molar-refractivity contribution < 1.29 is 22.2 Å². The van der Waals surface area contributed by atoms with Crippen LogP contribution >= 0.6 is 0 Å². The highest BCUT2D eigenvalue weighted by molar-refractivity contribution is 7.86. The van der Waals surface area contributed by atoms with E-state index in [-0.39, 0.29) is 18.5 Å². The van der Waals surface area contributed by atoms with E-state index < -0.39 is 34.7 Å². The molecule has 1 N–H and O–H groups in total. The summed E-state index contributed by atoms with van der Waals surface area (Å²) in [4.78, 5) is 13.8. The van der Waals surface area contributed by atoms with E-state index in [1.807, 2.05) is 0 Å². The number of carbonyl (C=O) groups is 1. The molecule has 0 spiro atoms. The molecule has 0 aliphatic heterocycles. The van der Waals surface area contributed by atoms with Crippen molar-refractivity contribution in [1.82, 2.24) is 14.5 Å². The third kappa shape index (κ3) is 4.05. The van der Waals surface area contributed by atoms with Crippen molar-refractivity contribution in [2.75, 3.05) is 11.9 Å². The molecule has 1 fully saturated rings. The Morgan fingerprint density at radius 3 is 2.59 bits per heavy atom. The number of alkyl halides is 2. The van der Waals surface area contributed by atoms with Crippen LogP contribution in [-0.2, 0) is 11.0 Å². The predicted octanol–water partition coefficient (Wildman–Crippen LogP) is 2.78. The molecule has 1 heterocycles. The molecular formula is C17H17F3N4O2S. The highest BCUT2D eigenvalue weighted by atomic mass is 32.2. The molecule has 6 nitrogen and oxygen atoms in total. The summed E-state index contributed by atoms with van der Waals surface area (Å²) in [6, 6.07) is 6.36. The first kappa shape index (κ1) is 19.2. The number of nitrogens with zero attached hydrogens (tertiary/aromatic N) is 3. The second-order valence-corrected chi connectivity index (χ2v) is 7.33. The maximum atomic E-state index is 13.3. The Bertz CT molecular complexity index is 890. The lowest BCUT2D eigenvalue weighted by atomic mass is 9.87. The lowest BCUT2D eigenvalue weighted by Gasteiger charge is -2.41. The van der Waals surface area contributed by atoms with Crippen LogP contribution in [0.2, 0.25) is 0 Å². The summed E-state index contributed by atoms with van der Waals surface area (Å²) in [5.41, 5.74) is 0.399. The zero-order chi connectivity index (χ0) is 19.8. The molecule has 1 atom stereocenters. The number of hydrogen-bond donors (Lipinski definition) is 1. The number of benzene rings is 1. The van der Waals surface area contributed by atoms with Crippen molar-refractivity contribution >= 4 is 22.7 Å². The van der Waals surface area contributed by atoms with Crippen LogP contribution in [0.1, 0.15) is 23.3 Å². The third-order valence-corrected chi connectivity index (χ3v) is 5.01. The minimum absolute atomic E-state index is 0.0533. The van der Waals surface area contributed by atoms with Crippen LogP contribution in [0.25, 0.3) is 5.69 Å². The lowest BCUT2D eigenvalue weighted by molar-refractivity contribution is -0.0850. The highest BCUT2D eigenvalue weighted by Gasteiger charge is 2.47. The average molecular weight is 398 g/mol. The number of carbonyl (C=O) groups excluding carboxylic acids is 1. The second kappa shape index (κ2) is 7.18. The van der Waals surface area contributed by atoms with Crippen molar-refractivity contribution in [3.05, 3.63) is 53.8 Å². The van der Waals surface area contributed by atoms with Gasteiger partial charge in [-0.1, -0.05) is 6.58 Å². The molecule has 144 valence electrons. The molecule has 1 aliphatic rings. The maximum Gasteiger partial charge on any atom is 0.283 e. The Morgan fingerprint density at radius 1 is 1.41 bits per heavy atom. The summed E-state index contributed by atoms with van der Waals surface area (Å²) >= 11 is 0. The van der Waals surface area contributed by atoms with Crippen LogP contribution in [-0.4, -0.2) is 38.9 Å². The van der Waals surface area contributed by atoms with Crippen molar-refractivity contribution in [2.24, 2.45) is 0 Å². The molecule has 10 heteroatoms. The molecule has 27 heavy (non-hydrogen) atoms. The fourth-order valence-corrected chi connectivity index (χ4v) is 3.15. The monoisotopic (exact) mass is 398 g/mol. The second-order valence-electron chi connectivity index (χ2n) is 6.20. The molecule has 0 radical (unpaired) electrons. The van der Waals surface area contributed by atoms with Gasteiger partial charge in [-0.05, 0) is 24.3 Å². The van der Waals surface area contributed by atoms with Gasteiger partial charge < -0.3 is 4.90 Å². The van der Waals surface area contributed by atoms with Crippen LogP contribution in [0.5, 0.6) is 0 Å². The molecule has 1 aliphatic carbocycles. The Kier molecular flexibility index (Phi) is 5.09. The van der Waals surface area contributed by atoms with Gasteiger partial charge in [0.15, 0.2) is 5.69 Å². The van der Waals surface area contributed by atoms with Crippen molar-refractivity contribution in [3.63, 3.8) is 0 Å². The smallest absolute Gasteiger partial charge is 0.283 e. The van der Waals surface area contributed by atoms with E-state index in [0.717, 1.165) is 5.41 Å². The van der Waals surface area contributed by atoms with Crippen LogP contribution in [0.3, 0.4) is 0 Å². The minimum Gasteiger partial charge on any atom is -0.356 e. The van der Waals surface area contributed by atoms with E-state index in [2.05, 4.69) is 16.4 Å². The Hall–Kier alpha value is -2.62. The summed E-state index contributed by atoms with van der Waals surface area (Å²) in [6.45, 7) is 3.31. The van der Waals surface area contributed by atoms with Crippen molar-refractivity contribution in [1.29, 1.82) is 0 Å². The van der Waals surface area contributed by atoms with E-state index in [1.54, 1.807) is 11.9 Å². The summed E-state index contributed by atoms with van der Waals surface area (Å²) in [6.07, 6.45) is -0.611. The molecule has 2 aromatic rings. The van der Waals surface area contributed by atoms with E-state index in [1.165, 1.54) is 35.0 Å². The predicted molar refractivity (Wildman–Crippen MR) is 95.7 cm³/mol. The largest absolute Gasteiger partial charge is 0.356 e. The maximum absolute atomic E-state index is 13.3. The van der Waals surface area contributed by atoms with Crippen LogP contribution in [0, 0.1) is 5.82 Å². The van der Waals surface area contributed by atoms with Gasteiger partial charge in [0.05, 0.1) is 5.69 Å². The fraction of sp³-hybridized carbons (Fsp3) is 0.294. The third-order valence-electron chi connectivity index (χ3n) is 4.32. The van der Waals surface area contributed by atoms with Gasteiger partial charge in [-0.3, -0.25) is 9.52 Å². The molecule has 1 saturated carbocycles. The number of rotatable bonds is 6. The van der Waals surface area contributed by atoms with Crippen molar-refractivity contribution in [2.45, 2.75) is 24.8 Å². The molecule has 0 saturated heterocycles. The molecule has 1 aromatic heterocycles. The number of aromatic nitrogens is 2. The molecule has 1 aromatic carbocycles. The Balaban J connectivity index is 1.96. The molecular weight excluding hydrogens is 381 g/mol. The first-order valence-corrected chi connectivity index (χ1v) is 9.22. The minimum atomic E-state index is -2.71. The Labute approximate surface area is 156 Å². The zero-order valence-electron chi connectivity index (χ0n) is 14.4. The number of halogens is 3. The number of nitrogens with one attached hydrogen (secondary N) is 1. The molecule has 1 unspecified atom stereocenters. The van der Waals surface area contributed by atoms with E-state index in [9.17, 15) is 22.2 Å². The van der Waals surface area contributed by atoms with Crippen LogP contribution in [0.15, 0.2) is 42.3 Å². The first-order valence-electron chi connectivity index (χ1n) is 8.01. The summed E-state index contributed by atoms with van der Waals surface area (Å²) < 4.78 is 54.7. The van der Waals surface area contributed by atoms with Gasteiger partial charge in [0.1, 0.15) is 22.6 Å². The van der Waals surface area contributed by atoms with Gasteiger partial charge in [0, 0.05) is 37.4 Å². The normalized spacial score (nSPS) is 17.0. The average Bonchev–Trinajstić information content (AvgIpc) is 3.05. The number of amides is 1. The standard InChI is InChI=1S/C17H17F3N4O2S/c1-3-27(26)22-16(25)14-8-15(23(2)13-9-17(19,20)10-13)24(21-14)12-6-4-11(18)5-7-12/h3-8,13H,1,9-10H2,2H3,(H,22,25). The SMILES string of the molecule is C=CS(=O)NC(=O)c1cc(N(C)C2CC(F)(F)C2)n(-c2ccc(F)cc2)n1. The quantitative estimate of drug-likeness (QED) is 0.813. The summed E-state index contributed by atoms with van der Waals surface area (Å²) in [5, 5.41) is 5.23. The van der Waals surface area contributed by atoms with Gasteiger partial charge >= 0.3 is 0 Å². The zero-order valence-corrected chi connectivity index (χ0v) is 15.2. The summed E-state index contributed by atoms with van der Waals surface area (Å²) in [5.74, 6) is -3.47. The lowest BCUT2D eigenvalue weighted by Crippen LogP contribution is -2.49. The van der Waals surface area contributed by atoms with Crippen LogP contribution in [0.4, 0.5) is 19.0 Å². The van der Waals surface area contributed by atoms with Gasteiger partial charge in [0.25, 0.3) is 11.8 Å². The topological polar surface area (TPSA) is 67.2 Å². The number of anilines is 1. The molecule has 1 amide bonds. The first-order chi connectivity index (χ1) is 12.7. The molecule has 0 bridgehead atoms. The van der Waals surface area contributed by atoms with Gasteiger partial charge in [-0.2, -0.15) is 5.10 Å². The summed E-state index contributed by atoms with van der Waals surface area (Å²) in [7, 11) is -0.145. The van der Waals surface area contributed by atoms with E-state index in [4.69, 9.17) is 0 Å². The van der Waals surface area contributed by atoms with Crippen LogP contribution < -0.4 is 9.62 Å². The van der Waals surface area contributed by atoms with Gasteiger partial charge in [0.2, 0.25) is 0 Å².